The maximum absolute atomic E-state index is 2.33. The Kier molecular flexibility index (Phi) is 8.35. The SMILES string of the molecule is CCSSCCC(C)CC. The first-order valence-corrected chi connectivity index (χ1v) is 6.54. The van der Waals surface area contributed by atoms with Crippen molar-refractivity contribution in [1.29, 1.82) is 0 Å². The molecule has 0 aliphatic carbocycles. The van der Waals surface area contributed by atoms with E-state index in [-0.39, 0.29) is 0 Å². The van der Waals surface area contributed by atoms with E-state index in [1.54, 1.807) is 0 Å². The monoisotopic (exact) mass is 178 g/mol. The van der Waals surface area contributed by atoms with E-state index in [4.69, 9.17) is 0 Å². The third-order valence-electron chi connectivity index (χ3n) is 1.59. The molecule has 0 amide bonds. The van der Waals surface area contributed by atoms with Gasteiger partial charge in [0.05, 0.1) is 0 Å². The minimum Gasteiger partial charge on any atom is -0.0944 e. The Bertz CT molecular complexity index is 64.3. The van der Waals surface area contributed by atoms with Crippen LogP contribution in [0.1, 0.15) is 33.6 Å². The zero-order valence-electron chi connectivity index (χ0n) is 7.22. The molecule has 0 aromatic rings. The van der Waals surface area contributed by atoms with Crippen molar-refractivity contribution >= 4 is 21.6 Å². The second kappa shape index (κ2) is 7.80. The van der Waals surface area contributed by atoms with E-state index in [0.29, 0.717) is 0 Å². The van der Waals surface area contributed by atoms with E-state index in [0.717, 1.165) is 5.92 Å². The standard InChI is InChI=1S/C8H18S2/c1-4-8(3)6-7-10-9-5-2/h8H,4-7H2,1-3H3. The average molecular weight is 178 g/mol. The lowest BCUT2D eigenvalue weighted by atomic mass is 10.1. The molecule has 62 valence electrons. The fraction of sp³-hybridized carbons (Fsp3) is 1.00. The van der Waals surface area contributed by atoms with Crippen LogP contribution in [0.25, 0.3) is 0 Å². The number of hydrogen-bond acceptors (Lipinski definition) is 2. The summed E-state index contributed by atoms with van der Waals surface area (Å²) in [4.78, 5) is 0. The van der Waals surface area contributed by atoms with Crippen LogP contribution in [-0.4, -0.2) is 11.5 Å². The van der Waals surface area contributed by atoms with E-state index in [9.17, 15) is 0 Å². The molecule has 0 saturated carbocycles. The van der Waals surface area contributed by atoms with Gasteiger partial charge in [0.1, 0.15) is 0 Å². The van der Waals surface area contributed by atoms with Gasteiger partial charge in [-0.15, -0.1) is 0 Å². The van der Waals surface area contributed by atoms with Gasteiger partial charge < -0.3 is 0 Å². The lowest BCUT2D eigenvalue weighted by Crippen LogP contribution is -1.92. The first kappa shape index (κ1) is 10.7. The Balaban J connectivity index is 2.89. The molecule has 0 radical (unpaired) electrons. The lowest BCUT2D eigenvalue weighted by Gasteiger charge is -2.05. The first-order valence-electron chi connectivity index (χ1n) is 4.05. The van der Waals surface area contributed by atoms with Crippen LogP contribution in [0.15, 0.2) is 0 Å². The minimum atomic E-state index is 0.921. The summed E-state index contributed by atoms with van der Waals surface area (Å²) >= 11 is 0. The van der Waals surface area contributed by atoms with Gasteiger partial charge in [-0.3, -0.25) is 0 Å². The zero-order valence-corrected chi connectivity index (χ0v) is 8.86. The first-order chi connectivity index (χ1) is 4.81. The summed E-state index contributed by atoms with van der Waals surface area (Å²) in [5, 5.41) is 0. The average Bonchev–Trinajstić information content (AvgIpc) is 1.98. The molecule has 10 heavy (non-hydrogen) atoms. The summed E-state index contributed by atoms with van der Waals surface area (Å²) in [7, 11) is 3.99. The van der Waals surface area contributed by atoms with E-state index in [1.165, 1.54) is 24.3 Å². The molecule has 0 spiro atoms. The van der Waals surface area contributed by atoms with E-state index >= 15 is 0 Å². The lowest BCUT2D eigenvalue weighted by molar-refractivity contribution is 0.549. The molecule has 0 aliphatic rings. The predicted molar refractivity (Wildman–Crippen MR) is 54.7 cm³/mol. The molecule has 0 aliphatic heterocycles. The maximum Gasteiger partial charge on any atom is 0.00394 e. The van der Waals surface area contributed by atoms with Crippen LogP contribution in [0.3, 0.4) is 0 Å². The van der Waals surface area contributed by atoms with Crippen LogP contribution in [0, 0.1) is 5.92 Å². The normalized spacial score (nSPS) is 13.5. The van der Waals surface area contributed by atoms with Gasteiger partial charge in [0, 0.05) is 11.5 Å². The van der Waals surface area contributed by atoms with Gasteiger partial charge in [-0.1, -0.05) is 48.8 Å². The van der Waals surface area contributed by atoms with Gasteiger partial charge in [0.15, 0.2) is 0 Å². The Labute approximate surface area is 72.9 Å². The van der Waals surface area contributed by atoms with Crippen molar-refractivity contribution in [2.75, 3.05) is 11.5 Å². The third-order valence-corrected chi connectivity index (χ3v) is 4.10. The molecule has 0 rings (SSSR count). The van der Waals surface area contributed by atoms with Crippen LogP contribution in [0.2, 0.25) is 0 Å². The van der Waals surface area contributed by atoms with Crippen LogP contribution in [0.5, 0.6) is 0 Å². The second-order valence-corrected chi connectivity index (χ2v) is 5.40. The Morgan fingerprint density at radius 2 is 1.90 bits per heavy atom. The van der Waals surface area contributed by atoms with Crippen molar-refractivity contribution in [3.05, 3.63) is 0 Å². The van der Waals surface area contributed by atoms with Gasteiger partial charge in [0.25, 0.3) is 0 Å². The Hall–Kier alpha value is 0.700. The summed E-state index contributed by atoms with van der Waals surface area (Å²) in [6.07, 6.45) is 2.71. The Morgan fingerprint density at radius 1 is 1.20 bits per heavy atom. The summed E-state index contributed by atoms with van der Waals surface area (Å²) in [5.41, 5.74) is 0. The molecule has 0 aromatic carbocycles. The van der Waals surface area contributed by atoms with E-state index in [1.807, 2.05) is 21.6 Å². The second-order valence-electron chi connectivity index (χ2n) is 2.53. The van der Waals surface area contributed by atoms with Crippen LogP contribution in [-0.2, 0) is 0 Å². The number of hydrogen-bond donors (Lipinski definition) is 0. The molecule has 0 saturated heterocycles. The zero-order chi connectivity index (χ0) is 7.82. The minimum absolute atomic E-state index is 0.921. The maximum atomic E-state index is 2.33. The van der Waals surface area contributed by atoms with Crippen molar-refractivity contribution in [2.24, 2.45) is 5.92 Å². The smallest absolute Gasteiger partial charge is 0.00394 e. The van der Waals surface area contributed by atoms with Gasteiger partial charge in [-0.25, -0.2) is 0 Å². The summed E-state index contributed by atoms with van der Waals surface area (Å²) in [6.45, 7) is 6.81. The largest absolute Gasteiger partial charge is 0.0944 e. The highest BCUT2D eigenvalue weighted by Crippen LogP contribution is 2.23. The van der Waals surface area contributed by atoms with Crippen molar-refractivity contribution in [1.82, 2.24) is 0 Å². The van der Waals surface area contributed by atoms with Gasteiger partial charge in [0.2, 0.25) is 0 Å². The molecule has 0 nitrogen and oxygen atoms in total. The van der Waals surface area contributed by atoms with Gasteiger partial charge in [-0.05, 0) is 12.3 Å². The van der Waals surface area contributed by atoms with Crippen LogP contribution in [0.4, 0.5) is 0 Å². The van der Waals surface area contributed by atoms with E-state index in [2.05, 4.69) is 20.8 Å². The van der Waals surface area contributed by atoms with Crippen LogP contribution < -0.4 is 0 Å². The molecule has 0 heterocycles. The summed E-state index contributed by atoms with van der Waals surface area (Å²) in [6, 6.07) is 0. The van der Waals surface area contributed by atoms with Crippen molar-refractivity contribution in [3.8, 4) is 0 Å². The molecule has 0 N–H and O–H groups in total. The number of rotatable bonds is 6. The molecule has 1 atom stereocenters. The van der Waals surface area contributed by atoms with E-state index < -0.39 is 0 Å². The van der Waals surface area contributed by atoms with Crippen molar-refractivity contribution < 1.29 is 0 Å². The molecular weight excluding hydrogens is 160 g/mol. The highest BCUT2D eigenvalue weighted by Gasteiger charge is 1.97. The summed E-state index contributed by atoms with van der Waals surface area (Å²) < 4.78 is 0. The molecule has 0 bridgehead atoms. The fourth-order valence-electron chi connectivity index (χ4n) is 0.596. The van der Waals surface area contributed by atoms with Gasteiger partial charge >= 0.3 is 0 Å². The molecule has 1 unspecified atom stereocenters. The van der Waals surface area contributed by atoms with Gasteiger partial charge in [-0.2, -0.15) is 0 Å². The van der Waals surface area contributed by atoms with Crippen LogP contribution >= 0.6 is 21.6 Å². The quantitative estimate of drug-likeness (QED) is 0.448. The molecule has 0 fully saturated rings. The Morgan fingerprint density at radius 3 is 2.40 bits per heavy atom. The van der Waals surface area contributed by atoms with Crippen molar-refractivity contribution in [2.45, 2.75) is 33.6 Å². The van der Waals surface area contributed by atoms with Crippen molar-refractivity contribution in [3.63, 3.8) is 0 Å². The highest BCUT2D eigenvalue weighted by atomic mass is 33.1. The topological polar surface area (TPSA) is 0 Å². The molecule has 0 aromatic heterocycles. The summed E-state index contributed by atoms with van der Waals surface area (Å²) in [5.74, 6) is 3.49. The highest BCUT2D eigenvalue weighted by molar-refractivity contribution is 8.76. The molecule has 2 heteroatoms. The third kappa shape index (κ3) is 6.81. The predicted octanol–water partition coefficient (Wildman–Crippen LogP) is 3.82. The fourth-order valence-corrected chi connectivity index (χ4v) is 2.52. The molecular formula is C8H18S2.